The standard InChI is InChI=1S/C25H29N3O4/c1-25(2,3)32-23(24(29)30-5)22-20(17-11-12-19-16(15-17)9-8-14-31-19)21(27-28(22)4)18-10-6-7-13-26-18/h6-7,10-13,15,23H,8-9,14H2,1-5H3. The summed E-state index contributed by atoms with van der Waals surface area (Å²) >= 11 is 0. The summed E-state index contributed by atoms with van der Waals surface area (Å²) in [6.45, 7) is 6.46. The van der Waals surface area contributed by atoms with E-state index in [1.807, 2.05) is 58.2 Å². The van der Waals surface area contributed by atoms with E-state index in [0.29, 0.717) is 11.4 Å². The van der Waals surface area contributed by atoms with E-state index in [4.69, 9.17) is 19.3 Å². The lowest BCUT2D eigenvalue weighted by Crippen LogP contribution is -2.29. The number of hydrogen-bond donors (Lipinski definition) is 0. The van der Waals surface area contributed by atoms with Gasteiger partial charge in [-0.1, -0.05) is 12.1 Å². The first-order chi connectivity index (χ1) is 15.3. The van der Waals surface area contributed by atoms with E-state index in [1.165, 1.54) is 7.11 Å². The molecule has 168 valence electrons. The zero-order valence-electron chi connectivity index (χ0n) is 19.2. The number of aromatic nitrogens is 3. The molecule has 1 aliphatic heterocycles. The first-order valence-corrected chi connectivity index (χ1v) is 10.8. The molecular formula is C25H29N3O4. The zero-order chi connectivity index (χ0) is 22.9. The van der Waals surface area contributed by atoms with Crippen LogP contribution in [-0.2, 0) is 27.7 Å². The van der Waals surface area contributed by atoms with Gasteiger partial charge in [0.15, 0.2) is 6.10 Å². The number of nitrogens with zero attached hydrogens (tertiary/aromatic N) is 3. The summed E-state index contributed by atoms with van der Waals surface area (Å²) in [6, 6.07) is 11.8. The molecule has 0 radical (unpaired) electrons. The molecule has 0 bridgehead atoms. The summed E-state index contributed by atoms with van der Waals surface area (Å²) < 4.78 is 18.8. The highest BCUT2D eigenvalue weighted by atomic mass is 16.6. The third kappa shape index (κ3) is 4.39. The smallest absolute Gasteiger partial charge is 0.341 e. The molecule has 4 rings (SSSR count). The molecule has 1 unspecified atom stereocenters. The molecular weight excluding hydrogens is 406 g/mol. The van der Waals surface area contributed by atoms with E-state index in [2.05, 4.69) is 11.1 Å². The Morgan fingerprint density at radius 1 is 1.22 bits per heavy atom. The molecule has 0 saturated heterocycles. The minimum atomic E-state index is -0.947. The SMILES string of the molecule is COC(=O)C(OC(C)(C)C)c1c(-c2ccc3c(c2)CCCO3)c(-c2ccccn2)nn1C. The average molecular weight is 436 g/mol. The van der Waals surface area contributed by atoms with Crippen molar-refractivity contribution in [2.45, 2.75) is 45.3 Å². The average Bonchev–Trinajstić information content (AvgIpc) is 3.13. The predicted molar refractivity (Wildman–Crippen MR) is 121 cm³/mol. The Hall–Kier alpha value is -3.19. The third-order valence-electron chi connectivity index (χ3n) is 5.33. The Kier molecular flexibility index (Phi) is 6.02. The Morgan fingerprint density at radius 2 is 2.03 bits per heavy atom. The van der Waals surface area contributed by atoms with Gasteiger partial charge in [-0.2, -0.15) is 5.10 Å². The third-order valence-corrected chi connectivity index (χ3v) is 5.33. The van der Waals surface area contributed by atoms with Crippen molar-refractivity contribution in [3.63, 3.8) is 0 Å². The number of rotatable bonds is 5. The summed E-state index contributed by atoms with van der Waals surface area (Å²) in [5, 5.41) is 4.77. The van der Waals surface area contributed by atoms with Crippen LogP contribution in [0.15, 0.2) is 42.6 Å². The van der Waals surface area contributed by atoms with Gasteiger partial charge < -0.3 is 14.2 Å². The maximum absolute atomic E-state index is 12.9. The van der Waals surface area contributed by atoms with Crippen LogP contribution in [0.25, 0.3) is 22.5 Å². The number of carbonyl (C=O) groups excluding carboxylic acids is 1. The van der Waals surface area contributed by atoms with E-state index < -0.39 is 17.7 Å². The van der Waals surface area contributed by atoms with Gasteiger partial charge in [0.05, 0.1) is 30.7 Å². The molecule has 1 atom stereocenters. The number of aryl methyl sites for hydroxylation is 2. The zero-order valence-corrected chi connectivity index (χ0v) is 19.2. The number of methoxy groups -OCH3 is 1. The van der Waals surface area contributed by atoms with Crippen molar-refractivity contribution in [2.75, 3.05) is 13.7 Å². The van der Waals surface area contributed by atoms with Gasteiger partial charge in [-0.05, 0) is 69.0 Å². The van der Waals surface area contributed by atoms with Crippen LogP contribution < -0.4 is 4.74 Å². The van der Waals surface area contributed by atoms with Gasteiger partial charge in [0.1, 0.15) is 11.4 Å². The van der Waals surface area contributed by atoms with Gasteiger partial charge in [-0.3, -0.25) is 9.67 Å². The van der Waals surface area contributed by atoms with Gasteiger partial charge in [0.2, 0.25) is 0 Å². The van der Waals surface area contributed by atoms with Crippen LogP contribution in [0.3, 0.4) is 0 Å². The van der Waals surface area contributed by atoms with Crippen LogP contribution in [0.2, 0.25) is 0 Å². The Balaban J connectivity index is 1.96. The lowest BCUT2D eigenvalue weighted by atomic mass is 9.94. The van der Waals surface area contributed by atoms with Gasteiger partial charge in [-0.15, -0.1) is 0 Å². The number of pyridine rings is 1. The molecule has 0 N–H and O–H groups in total. The number of ether oxygens (including phenoxy) is 3. The second-order valence-electron chi connectivity index (χ2n) is 8.86. The van der Waals surface area contributed by atoms with Crippen LogP contribution in [0, 0.1) is 0 Å². The summed E-state index contributed by atoms with van der Waals surface area (Å²) in [4.78, 5) is 17.4. The summed E-state index contributed by atoms with van der Waals surface area (Å²) in [5.41, 5.74) is 4.34. The molecule has 1 aliphatic rings. The van der Waals surface area contributed by atoms with Gasteiger partial charge in [-0.25, -0.2) is 4.79 Å². The van der Waals surface area contributed by atoms with Crippen molar-refractivity contribution in [3.8, 4) is 28.3 Å². The highest BCUT2D eigenvalue weighted by molar-refractivity contribution is 5.87. The molecule has 2 aromatic heterocycles. The van der Waals surface area contributed by atoms with E-state index in [0.717, 1.165) is 47.6 Å². The van der Waals surface area contributed by atoms with Crippen molar-refractivity contribution >= 4 is 5.97 Å². The fourth-order valence-electron chi connectivity index (χ4n) is 4.00. The number of fused-ring (bicyclic) bond motifs is 1. The van der Waals surface area contributed by atoms with Gasteiger partial charge >= 0.3 is 5.97 Å². The van der Waals surface area contributed by atoms with Crippen LogP contribution in [0.5, 0.6) is 5.75 Å². The van der Waals surface area contributed by atoms with Crippen molar-refractivity contribution < 1.29 is 19.0 Å². The highest BCUT2D eigenvalue weighted by Crippen LogP contribution is 2.41. The first-order valence-electron chi connectivity index (χ1n) is 10.8. The highest BCUT2D eigenvalue weighted by Gasteiger charge is 2.35. The van der Waals surface area contributed by atoms with Crippen molar-refractivity contribution in [3.05, 3.63) is 53.9 Å². The topological polar surface area (TPSA) is 75.5 Å². The van der Waals surface area contributed by atoms with E-state index in [1.54, 1.807) is 10.9 Å². The molecule has 0 saturated carbocycles. The Morgan fingerprint density at radius 3 is 2.72 bits per heavy atom. The fourth-order valence-corrected chi connectivity index (χ4v) is 4.00. The molecule has 0 fully saturated rings. The number of benzene rings is 1. The molecule has 3 heterocycles. The molecule has 0 spiro atoms. The second-order valence-corrected chi connectivity index (χ2v) is 8.86. The quantitative estimate of drug-likeness (QED) is 0.549. The predicted octanol–water partition coefficient (Wildman–Crippen LogP) is 4.50. The monoisotopic (exact) mass is 435 g/mol. The van der Waals surface area contributed by atoms with E-state index in [9.17, 15) is 4.79 Å². The molecule has 0 amide bonds. The lowest BCUT2D eigenvalue weighted by molar-refractivity contribution is -0.165. The molecule has 3 aromatic rings. The van der Waals surface area contributed by atoms with Gasteiger partial charge in [0, 0.05) is 18.8 Å². The molecule has 0 aliphatic carbocycles. The van der Waals surface area contributed by atoms with E-state index in [-0.39, 0.29) is 0 Å². The maximum Gasteiger partial charge on any atom is 0.341 e. The van der Waals surface area contributed by atoms with Crippen LogP contribution in [0.4, 0.5) is 0 Å². The fraction of sp³-hybridized carbons (Fsp3) is 0.400. The van der Waals surface area contributed by atoms with Gasteiger partial charge in [0.25, 0.3) is 0 Å². The Bertz CT molecular complexity index is 1120. The summed E-state index contributed by atoms with van der Waals surface area (Å²) in [6.07, 6.45) is 2.70. The van der Waals surface area contributed by atoms with Crippen molar-refractivity contribution in [1.82, 2.24) is 14.8 Å². The number of carbonyl (C=O) groups is 1. The summed E-state index contributed by atoms with van der Waals surface area (Å²) in [5.74, 6) is 0.429. The normalized spacial score (nSPS) is 14.4. The second kappa shape index (κ2) is 8.74. The first kappa shape index (κ1) is 22.0. The van der Waals surface area contributed by atoms with Crippen molar-refractivity contribution in [2.24, 2.45) is 7.05 Å². The largest absolute Gasteiger partial charge is 0.493 e. The van der Waals surface area contributed by atoms with Crippen LogP contribution in [-0.4, -0.2) is 40.1 Å². The lowest BCUT2D eigenvalue weighted by Gasteiger charge is -2.27. The summed E-state index contributed by atoms with van der Waals surface area (Å²) in [7, 11) is 3.18. The minimum absolute atomic E-state index is 0.474. The molecule has 32 heavy (non-hydrogen) atoms. The molecule has 7 nitrogen and oxygen atoms in total. The Labute approximate surface area is 188 Å². The van der Waals surface area contributed by atoms with Crippen molar-refractivity contribution in [1.29, 1.82) is 0 Å². The molecule has 1 aromatic carbocycles. The van der Waals surface area contributed by atoms with Crippen LogP contribution >= 0.6 is 0 Å². The molecule has 7 heteroatoms. The number of hydrogen-bond acceptors (Lipinski definition) is 6. The minimum Gasteiger partial charge on any atom is -0.493 e. The maximum atomic E-state index is 12.9. The van der Waals surface area contributed by atoms with E-state index >= 15 is 0 Å². The number of esters is 1. The van der Waals surface area contributed by atoms with Crippen LogP contribution in [0.1, 0.15) is 44.6 Å².